The van der Waals surface area contributed by atoms with Crippen LogP contribution in [0, 0.1) is 0 Å². The molecule has 1 unspecified atom stereocenters. The van der Waals surface area contributed by atoms with E-state index in [0.29, 0.717) is 0 Å². The molecule has 3 N–H and O–H groups in total. The average molecular weight is 287 g/mol. The number of rotatable bonds is 13. The maximum atomic E-state index is 10.4. The summed E-state index contributed by atoms with van der Waals surface area (Å²) in [5, 5.41) is 6.59. The SMILES string of the molecule is C=CCNCCC[SiH2][Si](C)(O)CCCNCC=C. The summed E-state index contributed by atoms with van der Waals surface area (Å²) >= 11 is 0. The third-order valence-electron chi connectivity index (χ3n) is 2.97. The topological polar surface area (TPSA) is 44.3 Å². The predicted molar refractivity (Wildman–Crippen MR) is 87.4 cm³/mol. The van der Waals surface area contributed by atoms with Gasteiger partial charge in [-0.2, -0.15) is 0 Å². The average Bonchev–Trinajstić information content (AvgIpc) is 2.33. The van der Waals surface area contributed by atoms with Crippen LogP contribution >= 0.6 is 0 Å². The Balaban J connectivity index is 3.42. The van der Waals surface area contributed by atoms with Gasteiger partial charge in [0, 0.05) is 22.1 Å². The molecule has 0 bridgehead atoms. The summed E-state index contributed by atoms with van der Waals surface area (Å²) in [5.41, 5.74) is 0. The van der Waals surface area contributed by atoms with Crippen LogP contribution in [0.5, 0.6) is 0 Å². The van der Waals surface area contributed by atoms with Crippen LogP contribution in [-0.4, -0.2) is 47.8 Å². The first-order valence-electron chi connectivity index (χ1n) is 6.98. The normalized spacial score (nSPS) is 14.8. The van der Waals surface area contributed by atoms with Gasteiger partial charge in [-0.3, -0.25) is 0 Å². The van der Waals surface area contributed by atoms with E-state index in [1.165, 1.54) is 12.5 Å². The van der Waals surface area contributed by atoms with E-state index < -0.39 is 7.83 Å². The molecule has 0 saturated carbocycles. The van der Waals surface area contributed by atoms with Crippen LogP contribution in [0.15, 0.2) is 25.3 Å². The Morgan fingerprint density at radius 1 is 1.11 bits per heavy atom. The minimum atomic E-state index is -1.81. The Hall–Kier alpha value is -0.206. The molecule has 0 radical (unpaired) electrons. The van der Waals surface area contributed by atoms with Crippen LogP contribution in [0.4, 0.5) is 0 Å². The maximum absolute atomic E-state index is 10.4. The molecular formula is C13H30N2OSi2. The van der Waals surface area contributed by atoms with Crippen molar-refractivity contribution >= 4 is 16.9 Å². The van der Waals surface area contributed by atoms with E-state index in [-0.39, 0.29) is 9.04 Å². The van der Waals surface area contributed by atoms with Gasteiger partial charge in [-0.15, -0.1) is 13.2 Å². The standard InChI is InChI=1S/C13H30N2OSi2/c1-4-8-14-10-6-12-17-18(3,16)13-7-11-15-9-5-2/h4-5,14-16H,1-2,6-13,17H2,3H3. The molecule has 18 heavy (non-hydrogen) atoms. The molecule has 0 aliphatic heterocycles. The number of hydrogen-bond acceptors (Lipinski definition) is 3. The van der Waals surface area contributed by atoms with Crippen molar-refractivity contribution in [3.8, 4) is 0 Å². The van der Waals surface area contributed by atoms with Crippen molar-refractivity contribution in [3.05, 3.63) is 25.3 Å². The third kappa shape index (κ3) is 12.3. The Morgan fingerprint density at radius 2 is 1.67 bits per heavy atom. The van der Waals surface area contributed by atoms with Gasteiger partial charge in [0.15, 0.2) is 7.83 Å². The molecule has 0 saturated heterocycles. The van der Waals surface area contributed by atoms with Gasteiger partial charge in [0.2, 0.25) is 0 Å². The van der Waals surface area contributed by atoms with Gasteiger partial charge in [-0.25, -0.2) is 0 Å². The quantitative estimate of drug-likeness (QED) is 0.269. The summed E-state index contributed by atoms with van der Waals surface area (Å²) in [5.74, 6) is 0. The zero-order valence-corrected chi connectivity index (χ0v) is 14.3. The largest absolute Gasteiger partial charge is 0.435 e. The highest BCUT2D eigenvalue weighted by atomic mass is 29.2. The molecule has 0 aromatic heterocycles. The molecule has 0 fully saturated rings. The van der Waals surface area contributed by atoms with Crippen molar-refractivity contribution in [1.29, 1.82) is 0 Å². The second kappa shape index (κ2) is 11.9. The highest BCUT2D eigenvalue weighted by molar-refractivity contribution is 7.20. The van der Waals surface area contributed by atoms with E-state index in [4.69, 9.17) is 0 Å². The number of hydrogen-bond donors (Lipinski definition) is 3. The molecule has 0 spiro atoms. The summed E-state index contributed by atoms with van der Waals surface area (Å²) in [6.07, 6.45) is 6.08. The van der Waals surface area contributed by atoms with Crippen molar-refractivity contribution in [2.75, 3.05) is 26.2 Å². The summed E-state index contributed by atoms with van der Waals surface area (Å²) in [4.78, 5) is 10.4. The van der Waals surface area contributed by atoms with E-state index in [2.05, 4.69) is 30.3 Å². The zero-order chi connectivity index (χ0) is 13.7. The van der Waals surface area contributed by atoms with Crippen LogP contribution in [0.2, 0.25) is 18.6 Å². The number of nitrogens with one attached hydrogen (secondary N) is 2. The lowest BCUT2D eigenvalue weighted by atomic mass is 10.4. The Bertz CT molecular complexity index is 223. The van der Waals surface area contributed by atoms with E-state index in [1.54, 1.807) is 0 Å². The smallest absolute Gasteiger partial charge is 0.165 e. The fourth-order valence-corrected chi connectivity index (χ4v) is 8.87. The van der Waals surface area contributed by atoms with Gasteiger partial charge in [0.05, 0.1) is 0 Å². The molecule has 5 heteroatoms. The maximum Gasteiger partial charge on any atom is 0.165 e. The minimum Gasteiger partial charge on any atom is -0.435 e. The molecule has 0 aromatic carbocycles. The molecule has 0 aliphatic carbocycles. The second-order valence-corrected chi connectivity index (χ2v) is 15.8. The molecule has 106 valence electrons. The van der Waals surface area contributed by atoms with Crippen molar-refractivity contribution in [2.45, 2.75) is 31.5 Å². The van der Waals surface area contributed by atoms with E-state index in [0.717, 1.165) is 38.6 Å². The van der Waals surface area contributed by atoms with E-state index >= 15 is 0 Å². The van der Waals surface area contributed by atoms with Crippen LogP contribution in [-0.2, 0) is 0 Å². The fraction of sp³-hybridized carbons (Fsp3) is 0.692. The monoisotopic (exact) mass is 286 g/mol. The van der Waals surface area contributed by atoms with Gasteiger partial charge in [0.25, 0.3) is 0 Å². The van der Waals surface area contributed by atoms with Crippen LogP contribution in [0.25, 0.3) is 0 Å². The van der Waals surface area contributed by atoms with Crippen molar-refractivity contribution in [3.63, 3.8) is 0 Å². The fourth-order valence-electron chi connectivity index (χ4n) is 1.88. The first-order valence-corrected chi connectivity index (χ1v) is 13.0. The summed E-state index contributed by atoms with van der Waals surface area (Å²) in [6.45, 7) is 13.3. The minimum absolute atomic E-state index is 0.254. The lowest BCUT2D eigenvalue weighted by Gasteiger charge is -2.19. The molecule has 0 aromatic rings. The molecule has 0 heterocycles. The summed E-state index contributed by atoms with van der Waals surface area (Å²) in [6, 6.07) is 2.33. The first-order chi connectivity index (χ1) is 8.62. The molecule has 0 amide bonds. The Labute approximate surface area is 116 Å². The second-order valence-electron chi connectivity index (χ2n) is 5.04. The van der Waals surface area contributed by atoms with Gasteiger partial charge in [-0.05, 0) is 38.5 Å². The summed E-state index contributed by atoms with van der Waals surface area (Å²) < 4.78 is 0. The molecular weight excluding hydrogens is 256 g/mol. The van der Waals surface area contributed by atoms with Gasteiger partial charge >= 0.3 is 0 Å². The lowest BCUT2D eigenvalue weighted by Crippen LogP contribution is -2.39. The van der Waals surface area contributed by atoms with Crippen LogP contribution < -0.4 is 10.6 Å². The third-order valence-corrected chi connectivity index (χ3v) is 11.7. The highest BCUT2D eigenvalue weighted by Gasteiger charge is 2.22. The Morgan fingerprint density at radius 3 is 2.22 bits per heavy atom. The molecule has 0 aliphatic rings. The molecule has 0 rings (SSSR count). The lowest BCUT2D eigenvalue weighted by molar-refractivity contribution is 0.556. The van der Waals surface area contributed by atoms with Crippen molar-refractivity contribution < 1.29 is 4.80 Å². The van der Waals surface area contributed by atoms with Crippen molar-refractivity contribution in [1.82, 2.24) is 10.6 Å². The van der Waals surface area contributed by atoms with E-state index in [9.17, 15) is 4.80 Å². The van der Waals surface area contributed by atoms with Gasteiger partial charge in [0.1, 0.15) is 0 Å². The van der Waals surface area contributed by atoms with Gasteiger partial charge in [-0.1, -0.05) is 18.2 Å². The van der Waals surface area contributed by atoms with E-state index in [1.807, 2.05) is 12.2 Å². The Kier molecular flexibility index (Phi) is 11.7. The van der Waals surface area contributed by atoms with Crippen LogP contribution in [0.3, 0.4) is 0 Å². The summed E-state index contributed by atoms with van der Waals surface area (Å²) in [7, 11) is -2.06. The molecule has 1 atom stereocenters. The highest BCUT2D eigenvalue weighted by Crippen LogP contribution is 2.09. The predicted octanol–water partition coefficient (Wildman–Crippen LogP) is 0.969. The zero-order valence-electron chi connectivity index (χ0n) is 11.9. The van der Waals surface area contributed by atoms with Crippen LogP contribution in [0.1, 0.15) is 12.8 Å². The van der Waals surface area contributed by atoms with Crippen molar-refractivity contribution in [2.24, 2.45) is 0 Å². The first kappa shape index (κ1) is 17.8. The van der Waals surface area contributed by atoms with Gasteiger partial charge < -0.3 is 15.4 Å². The molecule has 3 nitrogen and oxygen atoms in total.